The molecule has 1 N–H and O–H groups in total. The van der Waals surface area contributed by atoms with E-state index in [-0.39, 0.29) is 11.0 Å². The highest BCUT2D eigenvalue weighted by atomic mass is 32.2. The van der Waals surface area contributed by atoms with Crippen LogP contribution in [0.2, 0.25) is 0 Å². The van der Waals surface area contributed by atoms with Gasteiger partial charge in [-0.3, -0.25) is 4.72 Å². The fourth-order valence-corrected chi connectivity index (χ4v) is 3.25. The molecule has 0 aliphatic heterocycles. The Balaban J connectivity index is 2.19. The summed E-state index contributed by atoms with van der Waals surface area (Å²) < 4.78 is 32.8. The van der Waals surface area contributed by atoms with Gasteiger partial charge in [0.1, 0.15) is 5.75 Å². The van der Waals surface area contributed by atoms with Crippen molar-refractivity contribution in [3.8, 4) is 5.75 Å². The fraction of sp³-hybridized carbons (Fsp3) is 0.250. The Morgan fingerprint density at radius 2 is 1.62 bits per heavy atom. The molecule has 0 bridgehead atoms. The van der Waals surface area contributed by atoms with Crippen LogP contribution in [0.4, 0.5) is 5.69 Å². The Labute approximate surface area is 125 Å². The number of ether oxygens (including phenoxy) is 1. The molecule has 0 unspecified atom stereocenters. The molecule has 2 rings (SSSR count). The number of sulfonamides is 1. The van der Waals surface area contributed by atoms with Crippen molar-refractivity contribution in [2.24, 2.45) is 0 Å². The summed E-state index contributed by atoms with van der Waals surface area (Å²) in [7, 11) is -3.57. The number of hydrogen-bond acceptors (Lipinski definition) is 3. The Morgan fingerprint density at radius 3 is 2.19 bits per heavy atom. The molecule has 0 amide bonds. The number of hydrogen-bond donors (Lipinski definition) is 1. The average molecular weight is 305 g/mol. The summed E-state index contributed by atoms with van der Waals surface area (Å²) >= 11 is 0. The first kappa shape index (κ1) is 15.4. The molecule has 0 aliphatic carbocycles. The molecule has 0 fully saturated rings. The molecule has 0 heterocycles. The lowest BCUT2D eigenvalue weighted by Crippen LogP contribution is -2.14. The lowest BCUT2D eigenvalue weighted by atomic mass is 10.2. The van der Waals surface area contributed by atoms with Crippen molar-refractivity contribution in [2.75, 3.05) is 4.72 Å². The Bertz CT molecular complexity index is 707. The summed E-state index contributed by atoms with van der Waals surface area (Å²) in [6, 6.07) is 13.8. The van der Waals surface area contributed by atoms with E-state index in [0.717, 1.165) is 0 Å². The monoisotopic (exact) mass is 305 g/mol. The highest BCUT2D eigenvalue weighted by Gasteiger charge is 2.16. The minimum absolute atomic E-state index is 0.0829. The van der Waals surface area contributed by atoms with Crippen molar-refractivity contribution in [1.82, 2.24) is 0 Å². The first-order valence-corrected chi connectivity index (χ1v) is 8.22. The number of anilines is 1. The summed E-state index contributed by atoms with van der Waals surface area (Å²) in [5, 5.41) is 0. The second-order valence-electron chi connectivity index (χ2n) is 5.06. The first-order chi connectivity index (χ1) is 9.88. The molecule has 0 aromatic heterocycles. The quantitative estimate of drug-likeness (QED) is 0.918. The van der Waals surface area contributed by atoms with Crippen LogP contribution >= 0.6 is 0 Å². The number of rotatable bonds is 5. The third-order valence-corrected chi connectivity index (χ3v) is 4.40. The van der Waals surface area contributed by atoms with Crippen molar-refractivity contribution < 1.29 is 13.2 Å². The molecule has 0 spiro atoms. The summed E-state index contributed by atoms with van der Waals surface area (Å²) in [4.78, 5) is 0.285. The van der Waals surface area contributed by atoms with Gasteiger partial charge in [0, 0.05) is 5.69 Å². The van der Waals surface area contributed by atoms with Gasteiger partial charge in [-0.05, 0) is 56.7 Å². The molecule has 2 aromatic rings. The van der Waals surface area contributed by atoms with Crippen LogP contribution in [-0.2, 0) is 10.0 Å². The van der Waals surface area contributed by atoms with E-state index >= 15 is 0 Å². The molecule has 0 atom stereocenters. The van der Waals surface area contributed by atoms with E-state index in [1.54, 1.807) is 49.4 Å². The molecule has 5 heteroatoms. The topological polar surface area (TPSA) is 55.4 Å². The molecule has 4 nitrogen and oxygen atoms in total. The highest BCUT2D eigenvalue weighted by Crippen LogP contribution is 2.21. The van der Waals surface area contributed by atoms with Gasteiger partial charge >= 0.3 is 0 Å². The van der Waals surface area contributed by atoms with Crippen LogP contribution in [0.1, 0.15) is 19.4 Å². The molecule has 2 aromatic carbocycles. The van der Waals surface area contributed by atoms with Crippen molar-refractivity contribution in [3.63, 3.8) is 0 Å². The standard InChI is InChI=1S/C16H19NO3S/c1-12(2)20-15-10-8-14(9-11-15)17-21(18,19)16-7-5-4-6-13(16)3/h4-12,17H,1-3H3. The normalized spacial score (nSPS) is 11.4. The first-order valence-electron chi connectivity index (χ1n) is 6.73. The largest absolute Gasteiger partial charge is 0.491 e. The van der Waals surface area contributed by atoms with Gasteiger partial charge in [0.25, 0.3) is 10.0 Å². The van der Waals surface area contributed by atoms with Gasteiger partial charge < -0.3 is 4.74 Å². The van der Waals surface area contributed by atoms with E-state index in [1.807, 2.05) is 19.9 Å². The van der Waals surface area contributed by atoms with E-state index in [1.165, 1.54) is 0 Å². The molecule has 112 valence electrons. The summed E-state index contributed by atoms with van der Waals surface area (Å²) in [6.45, 7) is 5.65. The van der Waals surface area contributed by atoms with E-state index < -0.39 is 10.0 Å². The Morgan fingerprint density at radius 1 is 1.00 bits per heavy atom. The third-order valence-electron chi connectivity index (χ3n) is 2.86. The van der Waals surface area contributed by atoms with E-state index in [2.05, 4.69) is 4.72 Å². The molecule has 0 saturated heterocycles. The molecular weight excluding hydrogens is 286 g/mol. The molecule has 0 radical (unpaired) electrons. The Kier molecular flexibility index (Phi) is 4.53. The van der Waals surface area contributed by atoms with Crippen LogP contribution in [0.25, 0.3) is 0 Å². The van der Waals surface area contributed by atoms with Crippen LogP contribution in [0.15, 0.2) is 53.4 Å². The predicted octanol–water partition coefficient (Wildman–Crippen LogP) is 3.58. The predicted molar refractivity (Wildman–Crippen MR) is 84.2 cm³/mol. The minimum atomic E-state index is -3.57. The van der Waals surface area contributed by atoms with Crippen LogP contribution in [0.5, 0.6) is 5.75 Å². The molecule has 21 heavy (non-hydrogen) atoms. The van der Waals surface area contributed by atoms with Gasteiger partial charge in [0.15, 0.2) is 0 Å². The van der Waals surface area contributed by atoms with Crippen LogP contribution in [0, 0.1) is 6.92 Å². The molecular formula is C16H19NO3S. The second kappa shape index (κ2) is 6.18. The Hall–Kier alpha value is -2.01. The highest BCUT2D eigenvalue weighted by molar-refractivity contribution is 7.92. The minimum Gasteiger partial charge on any atom is -0.491 e. The lowest BCUT2D eigenvalue weighted by molar-refractivity contribution is 0.242. The van der Waals surface area contributed by atoms with Gasteiger partial charge in [-0.15, -0.1) is 0 Å². The van der Waals surface area contributed by atoms with Gasteiger partial charge in [-0.1, -0.05) is 18.2 Å². The van der Waals surface area contributed by atoms with Crippen molar-refractivity contribution in [3.05, 3.63) is 54.1 Å². The summed E-state index contributed by atoms with van der Waals surface area (Å²) in [5.41, 5.74) is 1.22. The molecule has 0 saturated carbocycles. The number of aryl methyl sites for hydroxylation is 1. The maximum atomic E-state index is 12.3. The second-order valence-corrected chi connectivity index (χ2v) is 6.71. The van der Waals surface area contributed by atoms with Gasteiger partial charge in [0.2, 0.25) is 0 Å². The van der Waals surface area contributed by atoms with Crippen molar-refractivity contribution >= 4 is 15.7 Å². The van der Waals surface area contributed by atoms with E-state index in [4.69, 9.17) is 4.74 Å². The molecule has 0 aliphatic rings. The zero-order chi connectivity index (χ0) is 15.5. The fourth-order valence-electron chi connectivity index (χ4n) is 1.94. The number of benzene rings is 2. The van der Waals surface area contributed by atoms with Gasteiger partial charge in [-0.2, -0.15) is 0 Å². The maximum absolute atomic E-state index is 12.3. The van der Waals surface area contributed by atoms with E-state index in [0.29, 0.717) is 17.0 Å². The zero-order valence-electron chi connectivity index (χ0n) is 12.3. The van der Waals surface area contributed by atoms with Crippen LogP contribution in [0.3, 0.4) is 0 Å². The lowest BCUT2D eigenvalue weighted by Gasteiger charge is -2.12. The maximum Gasteiger partial charge on any atom is 0.262 e. The summed E-state index contributed by atoms with van der Waals surface area (Å²) in [6.07, 6.45) is 0.0829. The SMILES string of the molecule is Cc1ccccc1S(=O)(=O)Nc1ccc(OC(C)C)cc1. The number of nitrogens with one attached hydrogen (secondary N) is 1. The smallest absolute Gasteiger partial charge is 0.262 e. The third kappa shape index (κ3) is 3.98. The zero-order valence-corrected chi connectivity index (χ0v) is 13.1. The van der Waals surface area contributed by atoms with Crippen molar-refractivity contribution in [1.29, 1.82) is 0 Å². The summed E-state index contributed by atoms with van der Waals surface area (Å²) in [5.74, 6) is 0.712. The van der Waals surface area contributed by atoms with Gasteiger partial charge in [-0.25, -0.2) is 8.42 Å². The van der Waals surface area contributed by atoms with E-state index in [9.17, 15) is 8.42 Å². The average Bonchev–Trinajstić information content (AvgIpc) is 2.40. The van der Waals surface area contributed by atoms with Crippen molar-refractivity contribution in [2.45, 2.75) is 31.8 Å². The van der Waals surface area contributed by atoms with Gasteiger partial charge in [0.05, 0.1) is 11.0 Å². The van der Waals surface area contributed by atoms with Crippen LogP contribution in [-0.4, -0.2) is 14.5 Å². The van der Waals surface area contributed by atoms with Crippen LogP contribution < -0.4 is 9.46 Å².